The Hall–Kier alpha value is -4.48. The van der Waals surface area contributed by atoms with Gasteiger partial charge in [0.1, 0.15) is 0 Å². The highest BCUT2D eigenvalue weighted by atomic mass is 35.5. The van der Waals surface area contributed by atoms with Crippen LogP contribution in [0.3, 0.4) is 0 Å². The van der Waals surface area contributed by atoms with Crippen LogP contribution in [0.4, 0.5) is 5.69 Å². The molecule has 5 rings (SSSR count). The predicted molar refractivity (Wildman–Crippen MR) is 161 cm³/mol. The van der Waals surface area contributed by atoms with Gasteiger partial charge in [0, 0.05) is 50.2 Å². The first-order valence-electron chi connectivity index (χ1n) is 13.6. The van der Waals surface area contributed by atoms with E-state index in [9.17, 15) is 14.4 Å². The average Bonchev–Trinajstić information content (AvgIpc) is 3.57. The van der Waals surface area contributed by atoms with Gasteiger partial charge in [0.2, 0.25) is 5.91 Å². The van der Waals surface area contributed by atoms with Gasteiger partial charge < -0.3 is 24.6 Å². The molecule has 11 nitrogen and oxygen atoms in total. The van der Waals surface area contributed by atoms with Crippen molar-refractivity contribution in [1.29, 1.82) is 0 Å². The van der Waals surface area contributed by atoms with Crippen molar-refractivity contribution in [2.75, 3.05) is 52.1 Å². The Labute approximate surface area is 249 Å². The molecule has 3 amide bonds. The number of nitrogens with zero attached hydrogens (tertiary/aromatic N) is 6. The lowest BCUT2D eigenvalue weighted by atomic mass is 10.0. The number of imidazole rings is 1. The highest BCUT2D eigenvalue weighted by Crippen LogP contribution is 2.27. The molecule has 2 N–H and O–H groups in total. The zero-order chi connectivity index (χ0) is 30.0. The minimum absolute atomic E-state index is 0.0448. The lowest BCUT2D eigenvalue weighted by Gasteiger charge is -2.35. The van der Waals surface area contributed by atoms with Crippen LogP contribution in [0.2, 0.25) is 5.02 Å². The molecular formula is C30H33ClN8O3. The van der Waals surface area contributed by atoms with Crippen LogP contribution in [-0.4, -0.2) is 99.0 Å². The smallest absolute Gasteiger partial charge is 0.291 e. The van der Waals surface area contributed by atoms with Gasteiger partial charge in [0.25, 0.3) is 11.8 Å². The molecule has 1 fully saturated rings. The molecule has 0 saturated carbocycles. The third kappa shape index (κ3) is 6.07. The second kappa shape index (κ2) is 12.2. The minimum atomic E-state index is -0.400. The highest BCUT2D eigenvalue weighted by molar-refractivity contribution is 6.34. The van der Waals surface area contributed by atoms with E-state index in [1.807, 2.05) is 50.2 Å². The molecule has 12 heteroatoms. The van der Waals surface area contributed by atoms with Gasteiger partial charge in [-0.2, -0.15) is 5.10 Å². The first-order chi connectivity index (χ1) is 20.1. The molecule has 3 heterocycles. The first-order valence-corrected chi connectivity index (χ1v) is 14.0. The third-order valence-electron chi connectivity index (χ3n) is 7.34. The summed E-state index contributed by atoms with van der Waals surface area (Å²) in [5.74, 6) is -0.329. The number of H-pyrrole nitrogens is 1. The van der Waals surface area contributed by atoms with Gasteiger partial charge in [-0.25, -0.2) is 4.98 Å². The molecule has 0 bridgehead atoms. The maximum atomic E-state index is 13.1. The third-order valence-corrected chi connectivity index (χ3v) is 7.65. The number of piperazine rings is 1. The van der Waals surface area contributed by atoms with Gasteiger partial charge in [-0.15, -0.1) is 0 Å². The lowest BCUT2D eigenvalue weighted by molar-refractivity contribution is -0.133. The number of likely N-dealkylation sites (N-methyl/N-ethyl adjacent to an activating group) is 1. The van der Waals surface area contributed by atoms with Crippen molar-refractivity contribution in [2.45, 2.75) is 6.92 Å². The molecule has 4 aromatic rings. The van der Waals surface area contributed by atoms with Crippen LogP contribution in [-0.2, 0) is 11.8 Å². The summed E-state index contributed by atoms with van der Waals surface area (Å²) < 4.78 is 1.73. The summed E-state index contributed by atoms with van der Waals surface area (Å²) in [6.07, 6.45) is 3.46. The normalized spacial score (nSPS) is 13.5. The summed E-state index contributed by atoms with van der Waals surface area (Å²) in [7, 11) is 5.49. The fraction of sp³-hybridized carbons (Fsp3) is 0.300. The van der Waals surface area contributed by atoms with E-state index >= 15 is 0 Å². The standard InChI is InChI=1S/C30H33ClN8O3/c1-19-24(16-33-35-19)20-5-7-21(8-6-20)26-17-32-28(37(26)4)29(41)34-22-9-10-23(25(31)15-22)30(42)39-13-11-38(12-14-39)27(40)18-36(2)3/h5-10,15-17H,11-14,18H2,1-4H3,(H,33,35)(H,34,41). The maximum Gasteiger partial charge on any atom is 0.291 e. The summed E-state index contributed by atoms with van der Waals surface area (Å²) in [6.45, 7) is 4.13. The number of anilines is 1. The second-order valence-electron chi connectivity index (χ2n) is 10.6. The number of aromatic nitrogens is 4. The van der Waals surface area contributed by atoms with E-state index < -0.39 is 5.91 Å². The van der Waals surface area contributed by atoms with E-state index in [0.29, 0.717) is 44.0 Å². The van der Waals surface area contributed by atoms with Gasteiger partial charge >= 0.3 is 0 Å². The van der Waals surface area contributed by atoms with E-state index in [1.165, 1.54) is 0 Å². The number of carbonyl (C=O) groups is 3. The molecule has 0 aliphatic carbocycles. The van der Waals surface area contributed by atoms with Crippen molar-refractivity contribution in [3.8, 4) is 22.4 Å². The number of aryl methyl sites for hydroxylation is 1. The Balaban J connectivity index is 1.22. The summed E-state index contributed by atoms with van der Waals surface area (Å²) in [4.78, 5) is 48.2. The number of amides is 3. The molecule has 2 aromatic heterocycles. The van der Waals surface area contributed by atoms with E-state index in [1.54, 1.807) is 52.0 Å². The molecule has 42 heavy (non-hydrogen) atoms. The van der Waals surface area contributed by atoms with Crippen LogP contribution in [0.25, 0.3) is 22.4 Å². The number of benzene rings is 2. The average molecular weight is 589 g/mol. The monoisotopic (exact) mass is 588 g/mol. The van der Waals surface area contributed by atoms with E-state index in [0.717, 1.165) is 28.1 Å². The zero-order valence-electron chi connectivity index (χ0n) is 24.0. The Kier molecular flexibility index (Phi) is 8.41. The molecule has 2 aromatic carbocycles. The molecule has 0 atom stereocenters. The van der Waals surface area contributed by atoms with Gasteiger partial charge in [-0.3, -0.25) is 19.5 Å². The molecule has 1 saturated heterocycles. The van der Waals surface area contributed by atoms with Crippen LogP contribution in [0.1, 0.15) is 26.7 Å². The second-order valence-corrected chi connectivity index (χ2v) is 11.0. The van der Waals surface area contributed by atoms with Crippen molar-refractivity contribution in [3.05, 3.63) is 77.0 Å². The molecule has 0 spiro atoms. The van der Waals surface area contributed by atoms with Gasteiger partial charge in [-0.05, 0) is 50.3 Å². The lowest BCUT2D eigenvalue weighted by Crippen LogP contribution is -2.52. The highest BCUT2D eigenvalue weighted by Gasteiger charge is 2.26. The van der Waals surface area contributed by atoms with Crippen molar-refractivity contribution in [3.63, 3.8) is 0 Å². The zero-order valence-corrected chi connectivity index (χ0v) is 24.8. The topological polar surface area (TPSA) is 119 Å². The van der Waals surface area contributed by atoms with Crippen LogP contribution in [0.15, 0.2) is 54.9 Å². The number of hydrogen-bond acceptors (Lipinski definition) is 6. The fourth-order valence-electron chi connectivity index (χ4n) is 5.00. The van der Waals surface area contributed by atoms with Crippen molar-refractivity contribution < 1.29 is 14.4 Å². The summed E-state index contributed by atoms with van der Waals surface area (Å²) in [5.41, 5.74) is 5.57. The van der Waals surface area contributed by atoms with Crippen molar-refractivity contribution in [1.82, 2.24) is 34.4 Å². The maximum absolute atomic E-state index is 13.1. The summed E-state index contributed by atoms with van der Waals surface area (Å²) in [5, 5.41) is 10.1. The fourth-order valence-corrected chi connectivity index (χ4v) is 5.27. The number of rotatable bonds is 7. The van der Waals surface area contributed by atoms with Crippen LogP contribution in [0.5, 0.6) is 0 Å². The SMILES string of the molecule is Cc1[nH]ncc1-c1ccc(-c2cnc(C(=O)Nc3ccc(C(=O)N4CCN(C(=O)CN(C)C)CC4)c(Cl)c3)n2C)cc1. The predicted octanol–water partition coefficient (Wildman–Crippen LogP) is 3.54. The largest absolute Gasteiger partial charge is 0.338 e. The van der Waals surface area contributed by atoms with Crippen LogP contribution in [0, 0.1) is 6.92 Å². The first kappa shape index (κ1) is 29.0. The van der Waals surface area contributed by atoms with Crippen molar-refractivity contribution >= 4 is 35.0 Å². The number of aromatic amines is 1. The van der Waals surface area contributed by atoms with E-state index in [2.05, 4.69) is 20.5 Å². The van der Waals surface area contributed by atoms with Crippen LogP contribution >= 0.6 is 11.6 Å². The molecule has 0 unspecified atom stereocenters. The molecule has 218 valence electrons. The Bertz CT molecular complexity index is 1620. The summed E-state index contributed by atoms with van der Waals surface area (Å²) in [6, 6.07) is 12.8. The van der Waals surface area contributed by atoms with Gasteiger partial charge in [0.15, 0.2) is 5.82 Å². The number of nitrogens with one attached hydrogen (secondary N) is 2. The minimum Gasteiger partial charge on any atom is -0.338 e. The van der Waals surface area contributed by atoms with E-state index in [4.69, 9.17) is 11.6 Å². The Morgan fingerprint density at radius 3 is 2.26 bits per heavy atom. The van der Waals surface area contributed by atoms with E-state index in [-0.39, 0.29) is 22.7 Å². The molecular weight excluding hydrogens is 556 g/mol. The number of halogens is 1. The summed E-state index contributed by atoms with van der Waals surface area (Å²) >= 11 is 6.49. The van der Waals surface area contributed by atoms with Crippen LogP contribution < -0.4 is 5.32 Å². The molecule has 1 aliphatic rings. The van der Waals surface area contributed by atoms with Gasteiger partial charge in [-0.1, -0.05) is 35.9 Å². The molecule has 1 aliphatic heterocycles. The molecule has 0 radical (unpaired) electrons. The number of carbonyl (C=O) groups excluding carboxylic acids is 3. The number of hydrogen-bond donors (Lipinski definition) is 2. The van der Waals surface area contributed by atoms with Crippen molar-refractivity contribution in [2.24, 2.45) is 7.05 Å². The van der Waals surface area contributed by atoms with Gasteiger partial charge in [0.05, 0.1) is 35.2 Å². The quantitative estimate of drug-likeness (QED) is 0.341. The Morgan fingerprint density at radius 1 is 0.976 bits per heavy atom. The Morgan fingerprint density at radius 2 is 1.64 bits per heavy atom.